The predicted octanol–water partition coefficient (Wildman–Crippen LogP) is 2.49. The molecule has 0 aromatic heterocycles. The predicted molar refractivity (Wildman–Crippen MR) is 71.3 cm³/mol. The number of hydrogen-bond donors (Lipinski definition) is 2. The van der Waals surface area contributed by atoms with Gasteiger partial charge in [0.1, 0.15) is 0 Å². The molecule has 3 nitrogen and oxygen atoms in total. The summed E-state index contributed by atoms with van der Waals surface area (Å²) in [6, 6.07) is 0. The minimum Gasteiger partial charge on any atom is -0.516 e. The normalized spacial score (nSPS) is 25.6. The summed E-state index contributed by atoms with van der Waals surface area (Å²) in [5, 5.41) is 18.6. The van der Waals surface area contributed by atoms with Crippen LogP contribution >= 0.6 is 0 Å². The highest BCUT2D eigenvalue weighted by atomic mass is 16.3. The summed E-state index contributed by atoms with van der Waals surface area (Å²) in [5.41, 5.74) is 0.780. The quantitative estimate of drug-likeness (QED) is 0.445. The maximum absolute atomic E-state index is 10.0. The Bertz CT molecular complexity index is 435. The fourth-order valence-corrected chi connectivity index (χ4v) is 1.50. The van der Waals surface area contributed by atoms with Crippen molar-refractivity contribution >= 4 is 6.21 Å². The Labute approximate surface area is 102 Å². The number of aliphatic imine (C=N–C) groups is 1. The first-order valence-corrected chi connectivity index (χ1v) is 5.34. The molecule has 0 bridgehead atoms. The van der Waals surface area contributed by atoms with Crippen molar-refractivity contribution in [1.29, 1.82) is 0 Å². The second kappa shape index (κ2) is 6.01. The average molecular weight is 231 g/mol. The van der Waals surface area contributed by atoms with E-state index in [9.17, 15) is 5.11 Å². The molecule has 0 aromatic rings. The summed E-state index contributed by atoms with van der Waals surface area (Å²) in [6.45, 7) is 1.71. The molecule has 2 N–H and O–H groups in total. The fraction of sp³-hybridized carbons (Fsp3) is 0.214. The third kappa shape index (κ3) is 4.25. The molecule has 1 atom stereocenters. The number of aliphatic hydroxyl groups is 2. The van der Waals surface area contributed by atoms with E-state index in [4.69, 9.17) is 5.11 Å². The van der Waals surface area contributed by atoms with Gasteiger partial charge in [-0.05, 0) is 36.3 Å². The molecule has 1 rings (SSSR count). The summed E-state index contributed by atoms with van der Waals surface area (Å²) in [5.74, 6) is 0. The number of allylic oxidation sites excluding steroid dienone is 7. The van der Waals surface area contributed by atoms with E-state index in [1.54, 1.807) is 44.5 Å². The Morgan fingerprint density at radius 2 is 2.06 bits per heavy atom. The molecule has 1 aliphatic carbocycles. The summed E-state index contributed by atoms with van der Waals surface area (Å²) in [6.07, 6.45) is 14.9. The molecule has 0 spiro atoms. The SMILES string of the molecule is CN=CC1=CC(C)(O)C=CC=C1/C=C\C=C\O. The summed E-state index contributed by atoms with van der Waals surface area (Å²) in [4.78, 5) is 3.97. The minimum atomic E-state index is -0.977. The molecule has 0 saturated carbocycles. The molecule has 3 heteroatoms. The molecule has 0 saturated heterocycles. The van der Waals surface area contributed by atoms with Gasteiger partial charge in [-0.1, -0.05) is 24.3 Å². The number of aliphatic hydroxyl groups excluding tert-OH is 1. The van der Waals surface area contributed by atoms with Crippen LogP contribution in [0.2, 0.25) is 0 Å². The van der Waals surface area contributed by atoms with Gasteiger partial charge in [-0.25, -0.2) is 0 Å². The number of hydrogen-bond acceptors (Lipinski definition) is 3. The monoisotopic (exact) mass is 231 g/mol. The zero-order chi connectivity index (χ0) is 12.7. The van der Waals surface area contributed by atoms with Gasteiger partial charge in [-0.15, -0.1) is 0 Å². The topological polar surface area (TPSA) is 52.8 Å². The van der Waals surface area contributed by atoms with Gasteiger partial charge in [0.05, 0.1) is 11.9 Å². The van der Waals surface area contributed by atoms with Crippen molar-refractivity contribution in [2.45, 2.75) is 12.5 Å². The van der Waals surface area contributed by atoms with Crippen LogP contribution in [0, 0.1) is 0 Å². The van der Waals surface area contributed by atoms with Crippen LogP contribution in [0.15, 0.2) is 64.9 Å². The lowest BCUT2D eigenvalue weighted by Gasteiger charge is -2.13. The van der Waals surface area contributed by atoms with Crippen molar-refractivity contribution in [3.63, 3.8) is 0 Å². The van der Waals surface area contributed by atoms with Crippen LogP contribution in [-0.2, 0) is 0 Å². The van der Waals surface area contributed by atoms with Crippen LogP contribution < -0.4 is 0 Å². The Hall–Kier alpha value is -1.87. The lowest BCUT2D eigenvalue weighted by molar-refractivity contribution is 0.164. The fourth-order valence-electron chi connectivity index (χ4n) is 1.50. The van der Waals surface area contributed by atoms with E-state index in [-0.39, 0.29) is 0 Å². The lowest BCUT2D eigenvalue weighted by Crippen LogP contribution is -2.17. The van der Waals surface area contributed by atoms with Gasteiger partial charge in [0.2, 0.25) is 0 Å². The van der Waals surface area contributed by atoms with Gasteiger partial charge < -0.3 is 10.2 Å². The summed E-state index contributed by atoms with van der Waals surface area (Å²) < 4.78 is 0. The Balaban J connectivity index is 3.09. The molecule has 0 amide bonds. The second-order valence-electron chi connectivity index (χ2n) is 3.89. The Morgan fingerprint density at radius 3 is 2.71 bits per heavy atom. The van der Waals surface area contributed by atoms with Gasteiger partial charge in [-0.3, -0.25) is 4.99 Å². The maximum atomic E-state index is 10.0. The van der Waals surface area contributed by atoms with E-state index in [1.165, 1.54) is 6.08 Å². The lowest BCUT2D eigenvalue weighted by atomic mass is 10.0. The average Bonchev–Trinajstić information content (AvgIpc) is 2.39. The zero-order valence-electron chi connectivity index (χ0n) is 10.0. The van der Waals surface area contributed by atoms with E-state index in [0.29, 0.717) is 0 Å². The van der Waals surface area contributed by atoms with Crippen molar-refractivity contribution < 1.29 is 10.2 Å². The van der Waals surface area contributed by atoms with E-state index in [2.05, 4.69) is 4.99 Å². The first-order valence-electron chi connectivity index (χ1n) is 5.34. The Morgan fingerprint density at radius 1 is 1.29 bits per heavy atom. The van der Waals surface area contributed by atoms with Gasteiger partial charge in [0, 0.05) is 13.3 Å². The van der Waals surface area contributed by atoms with E-state index in [1.807, 2.05) is 12.2 Å². The van der Waals surface area contributed by atoms with Crippen LogP contribution in [0.1, 0.15) is 6.92 Å². The van der Waals surface area contributed by atoms with Crippen molar-refractivity contribution in [2.24, 2.45) is 4.99 Å². The first-order chi connectivity index (χ1) is 8.09. The van der Waals surface area contributed by atoms with Gasteiger partial charge in [0.25, 0.3) is 0 Å². The summed E-state index contributed by atoms with van der Waals surface area (Å²) in [7, 11) is 1.68. The van der Waals surface area contributed by atoms with Crippen molar-refractivity contribution in [3.8, 4) is 0 Å². The highest BCUT2D eigenvalue weighted by molar-refractivity contribution is 5.86. The second-order valence-corrected chi connectivity index (χ2v) is 3.89. The van der Waals surface area contributed by atoms with Crippen molar-refractivity contribution in [3.05, 3.63) is 59.9 Å². The Kier molecular flexibility index (Phi) is 4.67. The molecule has 0 radical (unpaired) electrons. The molecule has 1 aliphatic rings. The van der Waals surface area contributed by atoms with Crippen LogP contribution in [-0.4, -0.2) is 29.1 Å². The van der Waals surface area contributed by atoms with Crippen molar-refractivity contribution in [2.75, 3.05) is 7.05 Å². The van der Waals surface area contributed by atoms with Crippen molar-refractivity contribution in [1.82, 2.24) is 0 Å². The maximum Gasteiger partial charge on any atom is 0.0993 e. The molecule has 0 fully saturated rings. The number of rotatable bonds is 3. The molecular weight excluding hydrogens is 214 g/mol. The molecule has 0 heterocycles. The standard InChI is InChI=1S/C14H17NO2/c1-14(17)8-5-7-12(6-3-4-9-16)13(10-14)11-15-2/h3-11,16-17H,1-2H3/b6-3-,9-4+,15-11?. The molecule has 1 unspecified atom stereocenters. The molecule has 17 heavy (non-hydrogen) atoms. The first kappa shape index (κ1) is 13.2. The van der Waals surface area contributed by atoms with E-state index >= 15 is 0 Å². The third-order valence-corrected chi connectivity index (χ3v) is 2.23. The van der Waals surface area contributed by atoms with Crippen LogP contribution in [0.5, 0.6) is 0 Å². The molecule has 0 aliphatic heterocycles. The molecule has 0 aromatic carbocycles. The largest absolute Gasteiger partial charge is 0.516 e. The van der Waals surface area contributed by atoms with Gasteiger partial charge >= 0.3 is 0 Å². The molecule has 90 valence electrons. The van der Waals surface area contributed by atoms with E-state index < -0.39 is 5.60 Å². The van der Waals surface area contributed by atoms with Crippen LogP contribution in [0.25, 0.3) is 0 Å². The number of nitrogens with zero attached hydrogens (tertiary/aromatic N) is 1. The van der Waals surface area contributed by atoms with Gasteiger partial charge in [0.15, 0.2) is 0 Å². The highest BCUT2D eigenvalue weighted by Crippen LogP contribution is 2.20. The van der Waals surface area contributed by atoms with Crippen LogP contribution in [0.3, 0.4) is 0 Å². The summed E-state index contributed by atoms with van der Waals surface area (Å²) >= 11 is 0. The third-order valence-electron chi connectivity index (χ3n) is 2.23. The minimum absolute atomic E-state index is 0.838. The zero-order valence-corrected chi connectivity index (χ0v) is 10.0. The van der Waals surface area contributed by atoms with E-state index in [0.717, 1.165) is 17.4 Å². The highest BCUT2D eigenvalue weighted by Gasteiger charge is 2.16. The van der Waals surface area contributed by atoms with Gasteiger partial charge in [-0.2, -0.15) is 0 Å². The molecular formula is C14H17NO2. The van der Waals surface area contributed by atoms with Crippen LogP contribution in [0.4, 0.5) is 0 Å². The smallest absolute Gasteiger partial charge is 0.0993 e.